The predicted octanol–water partition coefficient (Wildman–Crippen LogP) is 1.35. The maximum absolute atomic E-state index is 12.3. The smallest absolute Gasteiger partial charge is 0.255 e. The van der Waals surface area contributed by atoms with Gasteiger partial charge in [-0.15, -0.1) is 0 Å². The van der Waals surface area contributed by atoms with Crippen molar-refractivity contribution in [1.82, 2.24) is 0 Å². The van der Waals surface area contributed by atoms with Crippen LogP contribution in [-0.2, 0) is 11.3 Å². The summed E-state index contributed by atoms with van der Waals surface area (Å²) in [7, 11) is 4.57. The van der Waals surface area contributed by atoms with Crippen LogP contribution in [0.3, 0.4) is 0 Å². The molecule has 0 atom stereocenters. The first-order chi connectivity index (χ1) is 12.4. The number of benzene rings is 2. The number of halogens is 2. The van der Waals surface area contributed by atoms with Crippen LogP contribution in [0.25, 0.3) is 0 Å². The van der Waals surface area contributed by atoms with Gasteiger partial charge in [-0.2, -0.15) is 0 Å². The summed E-state index contributed by atoms with van der Waals surface area (Å²) in [5.74, 6) is -0.154. The molecule has 6 heteroatoms. The highest BCUT2D eigenvalue weighted by Gasteiger charge is 2.30. The van der Waals surface area contributed by atoms with E-state index in [0.29, 0.717) is 16.6 Å². The molecular formula is C21H26ClIN2O2. The van der Waals surface area contributed by atoms with Gasteiger partial charge in [0.2, 0.25) is 0 Å². The molecule has 1 aliphatic rings. The Morgan fingerprint density at radius 1 is 1.15 bits per heavy atom. The topological polar surface area (TPSA) is 38.3 Å². The van der Waals surface area contributed by atoms with Crippen LogP contribution in [0, 0.1) is 0 Å². The molecule has 2 aromatic rings. The van der Waals surface area contributed by atoms with E-state index in [2.05, 4.69) is 31.5 Å². The van der Waals surface area contributed by atoms with Crippen LogP contribution in [0.5, 0.6) is 0 Å². The van der Waals surface area contributed by atoms with Crippen LogP contribution in [-0.4, -0.2) is 43.7 Å². The molecule has 3 rings (SSSR count). The van der Waals surface area contributed by atoms with E-state index in [1.165, 1.54) is 5.56 Å². The van der Waals surface area contributed by atoms with Gasteiger partial charge in [-0.25, -0.2) is 0 Å². The number of quaternary nitrogens is 1. The van der Waals surface area contributed by atoms with Gasteiger partial charge >= 0.3 is 0 Å². The first kappa shape index (κ1) is 22.1. The summed E-state index contributed by atoms with van der Waals surface area (Å²) in [5.41, 5.74) is 2.61. The van der Waals surface area contributed by atoms with Gasteiger partial charge in [-0.3, -0.25) is 4.79 Å². The third-order valence-corrected chi connectivity index (χ3v) is 5.30. The molecule has 0 aromatic heterocycles. The van der Waals surface area contributed by atoms with Gasteiger partial charge in [-0.1, -0.05) is 29.8 Å². The molecule has 1 amide bonds. The van der Waals surface area contributed by atoms with Crippen LogP contribution in [0.4, 0.5) is 5.69 Å². The van der Waals surface area contributed by atoms with E-state index in [-0.39, 0.29) is 29.9 Å². The fraction of sp³-hybridized carbons (Fsp3) is 0.381. The molecule has 1 aliphatic heterocycles. The second-order valence-corrected chi connectivity index (χ2v) is 7.88. The monoisotopic (exact) mass is 500 g/mol. The molecule has 0 saturated carbocycles. The molecule has 1 heterocycles. The van der Waals surface area contributed by atoms with Crippen molar-refractivity contribution in [2.24, 2.45) is 0 Å². The number of carbonyl (C=O) groups excluding carboxylic acids is 1. The van der Waals surface area contributed by atoms with E-state index in [1.807, 2.05) is 12.1 Å². The van der Waals surface area contributed by atoms with Crippen molar-refractivity contribution in [2.45, 2.75) is 25.4 Å². The summed E-state index contributed by atoms with van der Waals surface area (Å²) in [6.45, 7) is 2.69. The highest BCUT2D eigenvalue weighted by Crippen LogP contribution is 2.23. The van der Waals surface area contributed by atoms with Gasteiger partial charge in [0.15, 0.2) is 0 Å². The lowest BCUT2D eigenvalue weighted by molar-refractivity contribution is -0.929. The minimum Gasteiger partial charge on any atom is -1.00 e. The summed E-state index contributed by atoms with van der Waals surface area (Å²) in [5, 5.41) is 3.48. The molecule has 146 valence electrons. The van der Waals surface area contributed by atoms with Crippen molar-refractivity contribution < 1.29 is 38.0 Å². The van der Waals surface area contributed by atoms with Crippen molar-refractivity contribution >= 4 is 23.2 Å². The van der Waals surface area contributed by atoms with Crippen LogP contribution >= 0.6 is 11.6 Å². The Balaban J connectivity index is 0.00000261. The predicted molar refractivity (Wildman–Crippen MR) is 106 cm³/mol. The van der Waals surface area contributed by atoms with Gasteiger partial charge in [0.25, 0.3) is 5.91 Å². The number of nitrogens with one attached hydrogen (secondary N) is 1. The van der Waals surface area contributed by atoms with Crippen LogP contribution in [0.1, 0.15) is 28.8 Å². The highest BCUT2D eigenvalue weighted by atomic mass is 127. The van der Waals surface area contributed by atoms with Gasteiger partial charge in [-0.05, 0) is 30.3 Å². The summed E-state index contributed by atoms with van der Waals surface area (Å²) in [6, 6.07) is 15.7. The average molecular weight is 501 g/mol. The van der Waals surface area contributed by atoms with E-state index < -0.39 is 0 Å². The Labute approximate surface area is 183 Å². The maximum atomic E-state index is 12.3. The number of anilines is 1. The van der Waals surface area contributed by atoms with Gasteiger partial charge < -0.3 is 38.5 Å². The number of carbonyl (C=O) groups is 1. The minimum absolute atomic E-state index is 0. The summed E-state index contributed by atoms with van der Waals surface area (Å²) >= 11 is 5.95. The number of ether oxygens (including phenoxy) is 1. The fourth-order valence-electron chi connectivity index (χ4n) is 3.51. The zero-order valence-electron chi connectivity index (χ0n) is 15.8. The molecule has 0 bridgehead atoms. The molecule has 4 nitrogen and oxygen atoms in total. The normalized spacial score (nSPS) is 15.1. The Kier molecular flexibility index (Phi) is 8.09. The van der Waals surface area contributed by atoms with Gasteiger partial charge in [0, 0.05) is 34.7 Å². The zero-order chi connectivity index (χ0) is 18.6. The van der Waals surface area contributed by atoms with Crippen molar-refractivity contribution in [1.29, 1.82) is 0 Å². The third kappa shape index (κ3) is 6.17. The van der Waals surface area contributed by atoms with E-state index in [0.717, 1.165) is 42.8 Å². The van der Waals surface area contributed by atoms with Crippen molar-refractivity contribution in [3.05, 3.63) is 64.7 Å². The quantitative estimate of drug-likeness (QED) is 0.497. The Hall–Kier alpha value is -1.15. The Morgan fingerprint density at radius 2 is 1.81 bits per heavy atom. The standard InChI is InChI=1S/C21H25ClN2O2.HI/c1-24(2,20-10-12-26-13-11-20)15-16-6-8-19(9-7-16)23-21(25)17-4-3-5-18(22)14-17;/h3-9,14,20H,10-13,15H2,1-2H3;1H. The number of hydrogen-bond donors (Lipinski definition) is 1. The van der Waals surface area contributed by atoms with Crippen molar-refractivity contribution in [2.75, 3.05) is 32.6 Å². The molecule has 2 aromatic carbocycles. The molecule has 0 radical (unpaired) electrons. The van der Waals surface area contributed by atoms with E-state index >= 15 is 0 Å². The fourth-order valence-corrected chi connectivity index (χ4v) is 3.70. The molecule has 1 N–H and O–H groups in total. The molecule has 27 heavy (non-hydrogen) atoms. The van der Waals surface area contributed by atoms with Crippen molar-refractivity contribution in [3.63, 3.8) is 0 Å². The maximum Gasteiger partial charge on any atom is 0.255 e. The van der Waals surface area contributed by atoms with Crippen LogP contribution < -0.4 is 29.3 Å². The van der Waals surface area contributed by atoms with E-state index in [9.17, 15) is 4.79 Å². The number of hydrogen-bond acceptors (Lipinski definition) is 2. The molecular weight excluding hydrogens is 475 g/mol. The minimum atomic E-state index is -0.154. The first-order valence-electron chi connectivity index (χ1n) is 9.00. The van der Waals surface area contributed by atoms with Crippen LogP contribution in [0.2, 0.25) is 5.02 Å². The number of rotatable bonds is 5. The first-order valence-corrected chi connectivity index (χ1v) is 9.38. The second-order valence-electron chi connectivity index (χ2n) is 7.44. The molecule has 0 spiro atoms. The lowest BCUT2D eigenvalue weighted by atomic mass is 10.0. The summed E-state index contributed by atoms with van der Waals surface area (Å²) in [6.07, 6.45) is 2.22. The average Bonchev–Trinajstić information content (AvgIpc) is 2.64. The van der Waals surface area contributed by atoms with Gasteiger partial charge in [0.1, 0.15) is 6.54 Å². The van der Waals surface area contributed by atoms with E-state index in [1.54, 1.807) is 24.3 Å². The summed E-state index contributed by atoms with van der Waals surface area (Å²) in [4.78, 5) is 12.3. The Bertz CT molecular complexity index is 759. The lowest BCUT2D eigenvalue weighted by Gasteiger charge is -2.40. The molecule has 0 unspecified atom stereocenters. The second kappa shape index (κ2) is 9.87. The molecule has 1 fully saturated rings. The number of nitrogens with zero attached hydrogens (tertiary/aromatic N) is 1. The van der Waals surface area contributed by atoms with Crippen molar-refractivity contribution in [3.8, 4) is 0 Å². The largest absolute Gasteiger partial charge is 1.00 e. The third-order valence-electron chi connectivity index (χ3n) is 5.07. The molecule has 1 saturated heterocycles. The summed E-state index contributed by atoms with van der Waals surface area (Å²) < 4.78 is 6.44. The Morgan fingerprint density at radius 3 is 2.44 bits per heavy atom. The van der Waals surface area contributed by atoms with E-state index in [4.69, 9.17) is 16.3 Å². The SMILES string of the molecule is C[N+](C)(Cc1ccc(NC(=O)c2cccc(Cl)c2)cc1)C1CCOCC1.[I-]. The molecule has 0 aliphatic carbocycles. The lowest BCUT2D eigenvalue weighted by Crippen LogP contribution is -3.00. The zero-order valence-corrected chi connectivity index (χ0v) is 18.7. The van der Waals surface area contributed by atoms with Gasteiger partial charge in [0.05, 0.1) is 33.4 Å². The highest BCUT2D eigenvalue weighted by molar-refractivity contribution is 6.31. The van der Waals surface area contributed by atoms with Crippen LogP contribution in [0.15, 0.2) is 48.5 Å². The number of amides is 1.